The molecule has 1 aliphatic heterocycles. The molecular weight excluding hydrogens is 356 g/mol. The van der Waals surface area contributed by atoms with Gasteiger partial charge in [-0.2, -0.15) is 0 Å². The normalized spacial score (nSPS) is 18.4. The third-order valence-electron chi connectivity index (χ3n) is 3.33. The molecule has 1 fully saturated rings. The van der Waals surface area contributed by atoms with Crippen LogP contribution in [-0.2, 0) is 14.3 Å². The fraction of sp³-hybridized carbons (Fsp3) is 0.429. The first-order valence-electron chi connectivity index (χ1n) is 6.54. The second-order valence-electron chi connectivity index (χ2n) is 4.74. The van der Waals surface area contributed by atoms with Crippen molar-refractivity contribution in [3.8, 4) is 0 Å². The number of benzene rings is 1. The van der Waals surface area contributed by atoms with Crippen LogP contribution < -0.4 is 10.6 Å². The van der Waals surface area contributed by atoms with Gasteiger partial charge in [-0.05, 0) is 18.2 Å². The highest BCUT2D eigenvalue weighted by Gasteiger charge is 2.25. The van der Waals surface area contributed by atoms with Crippen LogP contribution in [0.5, 0.6) is 0 Å². The minimum absolute atomic E-state index is 0.186. The molecule has 1 heterocycles. The number of thiocarbonyl (C=S) groups is 1. The van der Waals surface area contributed by atoms with Gasteiger partial charge in [-0.3, -0.25) is 4.79 Å². The van der Waals surface area contributed by atoms with Crippen molar-refractivity contribution in [2.45, 2.75) is 12.5 Å². The minimum atomic E-state index is -0.271. The first-order valence-corrected chi connectivity index (χ1v) is 7.74. The molecule has 1 atom stereocenters. The lowest BCUT2D eigenvalue weighted by Crippen LogP contribution is -2.44. The summed E-state index contributed by atoms with van der Waals surface area (Å²) in [4.78, 5) is 13.9. The highest BCUT2D eigenvalue weighted by molar-refractivity contribution is 9.10. The number of hydrogen-bond donors (Lipinski definition) is 1. The van der Waals surface area contributed by atoms with Crippen LogP contribution in [0.2, 0.25) is 0 Å². The molecule has 2 N–H and O–H groups in total. The number of nitrogens with two attached hydrogens (primary N) is 1. The number of methoxy groups -OCH3 is 1. The predicted molar refractivity (Wildman–Crippen MR) is 88.6 cm³/mol. The molecule has 0 spiro atoms. The van der Waals surface area contributed by atoms with Crippen LogP contribution in [0.15, 0.2) is 22.7 Å². The van der Waals surface area contributed by atoms with E-state index in [0.717, 1.165) is 22.3 Å². The third-order valence-corrected chi connectivity index (χ3v) is 4.04. The Bertz CT molecular complexity index is 553. The molecule has 114 valence electrons. The molecule has 1 aliphatic rings. The van der Waals surface area contributed by atoms with Crippen molar-refractivity contribution in [3.63, 3.8) is 0 Å². The summed E-state index contributed by atoms with van der Waals surface area (Å²) in [6.45, 7) is 1.88. The summed E-state index contributed by atoms with van der Waals surface area (Å²) < 4.78 is 11.2. The lowest BCUT2D eigenvalue weighted by Gasteiger charge is -2.35. The van der Waals surface area contributed by atoms with E-state index in [1.54, 1.807) is 0 Å². The molecule has 1 saturated heterocycles. The van der Waals surface area contributed by atoms with Crippen molar-refractivity contribution < 1.29 is 14.3 Å². The Morgan fingerprint density at radius 1 is 1.62 bits per heavy atom. The van der Waals surface area contributed by atoms with Gasteiger partial charge in [0.2, 0.25) is 0 Å². The molecule has 0 aliphatic carbocycles. The minimum Gasteiger partial charge on any atom is -0.469 e. The van der Waals surface area contributed by atoms with Crippen molar-refractivity contribution >= 4 is 44.8 Å². The van der Waals surface area contributed by atoms with E-state index in [1.807, 2.05) is 18.2 Å². The van der Waals surface area contributed by atoms with E-state index in [4.69, 9.17) is 22.7 Å². The lowest BCUT2D eigenvalue weighted by atomic mass is 10.1. The van der Waals surface area contributed by atoms with Gasteiger partial charge in [-0.15, -0.1) is 0 Å². The molecule has 5 nitrogen and oxygen atoms in total. The third kappa shape index (κ3) is 4.15. The molecule has 2 rings (SSSR count). The van der Waals surface area contributed by atoms with Crippen LogP contribution >= 0.6 is 28.1 Å². The van der Waals surface area contributed by atoms with Crippen LogP contribution in [0.3, 0.4) is 0 Å². The van der Waals surface area contributed by atoms with E-state index in [0.29, 0.717) is 18.1 Å². The van der Waals surface area contributed by atoms with Crippen LogP contribution in [0.1, 0.15) is 12.0 Å². The van der Waals surface area contributed by atoms with Crippen LogP contribution in [0, 0.1) is 0 Å². The molecule has 7 heteroatoms. The number of rotatable bonds is 4. The standard InChI is InChI=1S/C14H17BrN2O3S/c1-19-13(18)7-10-8-17(4-5-20-10)12-3-2-9(15)6-11(12)14(16)21/h2-3,6,10H,4-5,7-8H2,1H3,(H2,16,21). The summed E-state index contributed by atoms with van der Waals surface area (Å²) in [7, 11) is 1.38. The first-order chi connectivity index (χ1) is 10.0. The van der Waals surface area contributed by atoms with Crippen LogP contribution in [0.4, 0.5) is 5.69 Å². The molecule has 1 aromatic rings. The highest BCUT2D eigenvalue weighted by atomic mass is 79.9. The van der Waals surface area contributed by atoms with E-state index < -0.39 is 0 Å². The van der Waals surface area contributed by atoms with Gasteiger partial charge in [0.05, 0.1) is 26.2 Å². The van der Waals surface area contributed by atoms with Crippen molar-refractivity contribution in [2.24, 2.45) is 5.73 Å². The topological polar surface area (TPSA) is 64.8 Å². The summed E-state index contributed by atoms with van der Waals surface area (Å²) in [5.74, 6) is -0.271. The van der Waals surface area contributed by atoms with E-state index >= 15 is 0 Å². The van der Waals surface area contributed by atoms with Crippen molar-refractivity contribution in [1.82, 2.24) is 0 Å². The largest absolute Gasteiger partial charge is 0.469 e. The molecule has 0 aromatic heterocycles. The number of hydrogen-bond acceptors (Lipinski definition) is 5. The predicted octanol–water partition coefficient (Wildman–Crippen LogP) is 1.85. The molecule has 1 aromatic carbocycles. The SMILES string of the molecule is COC(=O)CC1CN(c2ccc(Br)cc2C(N)=S)CCO1. The smallest absolute Gasteiger partial charge is 0.308 e. The summed E-state index contributed by atoms with van der Waals surface area (Å²) in [6.07, 6.45) is 0.0559. The lowest BCUT2D eigenvalue weighted by molar-refractivity contribution is -0.144. The molecule has 0 radical (unpaired) electrons. The average Bonchev–Trinajstić information content (AvgIpc) is 2.47. The number of nitrogens with zero attached hydrogens (tertiary/aromatic N) is 1. The van der Waals surface area contributed by atoms with E-state index in [2.05, 4.69) is 25.6 Å². The Balaban J connectivity index is 2.18. The number of esters is 1. The molecule has 21 heavy (non-hydrogen) atoms. The zero-order valence-corrected chi connectivity index (χ0v) is 14.1. The molecule has 1 unspecified atom stereocenters. The molecule has 0 amide bonds. The summed E-state index contributed by atoms with van der Waals surface area (Å²) in [6, 6.07) is 5.82. The van der Waals surface area contributed by atoms with E-state index in [-0.39, 0.29) is 18.5 Å². The highest BCUT2D eigenvalue weighted by Crippen LogP contribution is 2.26. The zero-order valence-electron chi connectivity index (χ0n) is 11.7. The number of halogens is 1. The van der Waals surface area contributed by atoms with Crippen LogP contribution in [-0.4, -0.2) is 43.9 Å². The Morgan fingerprint density at radius 2 is 2.38 bits per heavy atom. The summed E-state index contributed by atoms with van der Waals surface area (Å²) in [5.41, 5.74) is 7.59. The summed E-state index contributed by atoms with van der Waals surface area (Å²) >= 11 is 8.54. The Hall–Kier alpha value is -1.18. The van der Waals surface area contributed by atoms with Gasteiger partial charge in [0.1, 0.15) is 4.99 Å². The Morgan fingerprint density at radius 3 is 3.05 bits per heavy atom. The maximum atomic E-state index is 11.4. The fourth-order valence-corrected chi connectivity index (χ4v) is 2.84. The Kier molecular flexibility index (Phi) is 5.55. The van der Waals surface area contributed by atoms with Crippen molar-refractivity contribution in [3.05, 3.63) is 28.2 Å². The van der Waals surface area contributed by atoms with Gasteiger partial charge in [0, 0.05) is 28.8 Å². The molecular formula is C14H17BrN2O3S. The molecule has 0 saturated carbocycles. The second kappa shape index (κ2) is 7.20. The number of morpholine rings is 1. The number of carbonyl (C=O) groups is 1. The van der Waals surface area contributed by atoms with Gasteiger partial charge in [-0.25, -0.2) is 0 Å². The van der Waals surface area contributed by atoms with Gasteiger partial charge >= 0.3 is 5.97 Å². The number of ether oxygens (including phenoxy) is 2. The van der Waals surface area contributed by atoms with Gasteiger partial charge < -0.3 is 20.1 Å². The number of anilines is 1. The summed E-state index contributed by atoms with van der Waals surface area (Å²) in [5, 5.41) is 0. The van der Waals surface area contributed by atoms with Gasteiger partial charge in [-0.1, -0.05) is 28.1 Å². The molecule has 0 bridgehead atoms. The maximum Gasteiger partial charge on any atom is 0.308 e. The van der Waals surface area contributed by atoms with Gasteiger partial charge in [0.25, 0.3) is 0 Å². The quantitative estimate of drug-likeness (QED) is 0.642. The van der Waals surface area contributed by atoms with Crippen LogP contribution in [0.25, 0.3) is 0 Å². The zero-order chi connectivity index (χ0) is 15.4. The van der Waals surface area contributed by atoms with E-state index in [1.165, 1.54) is 7.11 Å². The van der Waals surface area contributed by atoms with E-state index in [9.17, 15) is 4.79 Å². The fourth-order valence-electron chi connectivity index (χ4n) is 2.31. The second-order valence-corrected chi connectivity index (χ2v) is 6.10. The first kappa shape index (κ1) is 16.2. The number of carbonyl (C=O) groups excluding carboxylic acids is 1. The monoisotopic (exact) mass is 372 g/mol. The Labute approximate surface area is 137 Å². The average molecular weight is 373 g/mol. The van der Waals surface area contributed by atoms with Gasteiger partial charge in [0.15, 0.2) is 0 Å². The van der Waals surface area contributed by atoms with Crippen molar-refractivity contribution in [1.29, 1.82) is 0 Å². The van der Waals surface area contributed by atoms with Crippen molar-refractivity contribution in [2.75, 3.05) is 31.7 Å². The maximum absolute atomic E-state index is 11.4.